The summed E-state index contributed by atoms with van der Waals surface area (Å²) in [6.45, 7) is 5.33. The Hall–Kier alpha value is 0. The molecule has 0 aromatic rings. The van der Waals surface area contributed by atoms with Crippen LogP contribution in [0.3, 0.4) is 0 Å². The third kappa shape index (κ3) is 6.01. The molecule has 0 aromatic heterocycles. The van der Waals surface area contributed by atoms with Crippen LogP contribution in [0.1, 0.15) is 174 Å². The minimum Gasteiger partial charge on any atom is -0.0622 e. The zero-order chi connectivity index (χ0) is 27.8. The number of hydrogen-bond donors (Lipinski definition) is 0. The van der Waals surface area contributed by atoms with E-state index in [0.29, 0.717) is 0 Å². The zero-order valence-corrected chi connectivity index (χ0v) is 27.8. The minimum absolute atomic E-state index is 1.01. The van der Waals surface area contributed by atoms with Gasteiger partial charge in [-0.15, -0.1) is 0 Å². The Balaban J connectivity index is 1.04. The van der Waals surface area contributed by atoms with E-state index in [1.165, 1.54) is 19.3 Å². The van der Waals surface area contributed by atoms with Crippen molar-refractivity contribution in [2.75, 3.05) is 0 Å². The Morgan fingerprint density at radius 2 is 0.854 bits per heavy atom. The number of unbranched alkanes of at least 4 members (excludes halogenated alkanes) is 3. The molecule has 0 aromatic carbocycles. The van der Waals surface area contributed by atoms with Gasteiger partial charge in [0.15, 0.2) is 0 Å². The Morgan fingerprint density at radius 1 is 0.366 bits per heavy atom. The van der Waals surface area contributed by atoms with Gasteiger partial charge in [0, 0.05) is 0 Å². The number of rotatable bonds is 8. The van der Waals surface area contributed by atoms with Crippen molar-refractivity contribution >= 4 is 0 Å². The van der Waals surface area contributed by atoms with Crippen molar-refractivity contribution in [3.05, 3.63) is 0 Å². The van der Waals surface area contributed by atoms with Crippen LogP contribution in [-0.4, -0.2) is 0 Å². The molecule has 0 radical (unpaired) electrons. The molecule has 7 rings (SSSR count). The molecule has 7 aliphatic rings. The van der Waals surface area contributed by atoms with E-state index in [2.05, 4.69) is 13.8 Å². The first kappa shape index (κ1) is 29.7. The molecule has 0 saturated heterocycles. The first-order valence-corrected chi connectivity index (χ1v) is 20.2. The van der Waals surface area contributed by atoms with Gasteiger partial charge in [-0.25, -0.2) is 0 Å². The van der Waals surface area contributed by atoms with E-state index in [1.807, 2.05) is 0 Å². The molecule has 11 atom stereocenters. The molecule has 7 saturated carbocycles. The lowest BCUT2D eigenvalue weighted by atomic mass is 9.42. The van der Waals surface area contributed by atoms with E-state index >= 15 is 0 Å². The van der Waals surface area contributed by atoms with Crippen molar-refractivity contribution in [1.82, 2.24) is 0 Å². The van der Waals surface area contributed by atoms with E-state index in [-0.39, 0.29) is 0 Å². The van der Waals surface area contributed by atoms with Crippen molar-refractivity contribution < 1.29 is 0 Å². The lowest BCUT2D eigenvalue weighted by molar-refractivity contribution is -0.142. The predicted molar refractivity (Wildman–Crippen MR) is 176 cm³/mol. The lowest BCUT2D eigenvalue weighted by Crippen LogP contribution is -2.56. The Kier molecular flexibility index (Phi) is 9.82. The molecule has 0 heterocycles. The van der Waals surface area contributed by atoms with Gasteiger partial charge >= 0.3 is 0 Å². The average molecular weight is 563 g/mol. The van der Waals surface area contributed by atoms with Crippen LogP contribution < -0.4 is 0 Å². The van der Waals surface area contributed by atoms with Gasteiger partial charge in [-0.1, -0.05) is 117 Å². The number of hydrogen-bond acceptors (Lipinski definition) is 0. The van der Waals surface area contributed by atoms with E-state index in [1.54, 1.807) is 141 Å². The standard InChI is InChI=1S/C41H70/c1-28-22-24-31-25-27-38(37-26-23-29(2)39(28)40(31)37)41-35-20-12-10-18-33(35)32(34-19-11-13-21-36(34)41)17-9-4-3-6-14-30-15-7-5-8-16-30/h28-41H,3-27H2,1-2H3. The van der Waals surface area contributed by atoms with Gasteiger partial charge in [0.1, 0.15) is 0 Å². The van der Waals surface area contributed by atoms with Crippen LogP contribution >= 0.6 is 0 Å². The van der Waals surface area contributed by atoms with Crippen molar-refractivity contribution in [3.8, 4) is 0 Å². The highest BCUT2D eigenvalue weighted by Gasteiger charge is 2.58. The van der Waals surface area contributed by atoms with Crippen LogP contribution in [0.15, 0.2) is 0 Å². The van der Waals surface area contributed by atoms with Gasteiger partial charge in [0.2, 0.25) is 0 Å². The molecular weight excluding hydrogens is 492 g/mol. The molecule has 0 spiro atoms. The van der Waals surface area contributed by atoms with Gasteiger partial charge in [-0.05, 0) is 141 Å². The number of fused-ring (bicyclic) bond motifs is 2. The normalized spacial score (nSPS) is 48.6. The molecule has 234 valence electrons. The van der Waals surface area contributed by atoms with Crippen molar-refractivity contribution in [3.63, 3.8) is 0 Å². The fraction of sp³-hybridized carbons (Fsp3) is 1.00. The molecular formula is C41H70. The van der Waals surface area contributed by atoms with Crippen LogP contribution in [-0.2, 0) is 0 Å². The second-order valence-electron chi connectivity index (χ2n) is 17.9. The van der Waals surface area contributed by atoms with Crippen LogP contribution in [0.5, 0.6) is 0 Å². The van der Waals surface area contributed by atoms with Crippen LogP contribution in [0.25, 0.3) is 0 Å². The summed E-state index contributed by atoms with van der Waals surface area (Å²) in [4.78, 5) is 0. The minimum atomic E-state index is 1.01. The molecule has 0 heteroatoms. The van der Waals surface area contributed by atoms with Gasteiger partial charge < -0.3 is 0 Å². The molecule has 0 N–H and O–H groups in total. The fourth-order valence-corrected chi connectivity index (χ4v) is 14.6. The average Bonchev–Trinajstić information content (AvgIpc) is 3.01. The summed E-state index contributed by atoms with van der Waals surface area (Å²) in [5, 5.41) is 0. The maximum atomic E-state index is 2.67. The highest BCUT2D eigenvalue weighted by atomic mass is 14.6. The third-order valence-electron chi connectivity index (χ3n) is 16.1. The van der Waals surface area contributed by atoms with Crippen LogP contribution in [0.4, 0.5) is 0 Å². The Morgan fingerprint density at radius 3 is 1.54 bits per heavy atom. The molecule has 0 bridgehead atoms. The van der Waals surface area contributed by atoms with Crippen molar-refractivity contribution in [2.24, 2.45) is 82.9 Å². The quantitative estimate of drug-likeness (QED) is 0.258. The summed E-state index contributed by atoms with van der Waals surface area (Å²) in [5.74, 6) is 15.4. The zero-order valence-electron chi connectivity index (χ0n) is 27.8. The summed E-state index contributed by atoms with van der Waals surface area (Å²) in [6, 6.07) is 0. The molecule has 7 aliphatic carbocycles. The summed E-state index contributed by atoms with van der Waals surface area (Å²) >= 11 is 0. The molecule has 7 fully saturated rings. The highest BCUT2D eigenvalue weighted by Crippen LogP contribution is 2.65. The van der Waals surface area contributed by atoms with Gasteiger partial charge in [0.25, 0.3) is 0 Å². The van der Waals surface area contributed by atoms with E-state index in [9.17, 15) is 0 Å². The highest BCUT2D eigenvalue weighted by molar-refractivity contribution is 5.06. The second-order valence-corrected chi connectivity index (χ2v) is 17.9. The first-order chi connectivity index (χ1) is 20.2. The molecule has 41 heavy (non-hydrogen) atoms. The lowest BCUT2D eigenvalue weighted by Gasteiger charge is -2.63. The molecule has 0 nitrogen and oxygen atoms in total. The smallest absolute Gasteiger partial charge is 0.0321 e. The largest absolute Gasteiger partial charge is 0.0622 e. The van der Waals surface area contributed by atoms with Crippen LogP contribution in [0.2, 0.25) is 0 Å². The van der Waals surface area contributed by atoms with Gasteiger partial charge in [-0.3, -0.25) is 0 Å². The molecule has 0 aliphatic heterocycles. The van der Waals surface area contributed by atoms with E-state index in [0.717, 1.165) is 82.9 Å². The Labute approximate surface area is 256 Å². The fourth-order valence-electron chi connectivity index (χ4n) is 14.6. The van der Waals surface area contributed by atoms with E-state index in [4.69, 9.17) is 0 Å². The predicted octanol–water partition coefficient (Wildman–Crippen LogP) is 12.5. The maximum absolute atomic E-state index is 2.67. The summed E-state index contributed by atoms with van der Waals surface area (Å²) in [6.07, 6.45) is 39.4. The monoisotopic (exact) mass is 563 g/mol. The second kappa shape index (κ2) is 13.6. The summed E-state index contributed by atoms with van der Waals surface area (Å²) in [5.41, 5.74) is 0. The SMILES string of the molecule is CC1CCC2CCC(C3C4CCCCC4C(CCCCCCC4CCCCC4)C4CCCCC43)C3CCC(C)C1C23. The van der Waals surface area contributed by atoms with Crippen molar-refractivity contribution in [1.29, 1.82) is 0 Å². The Bertz CT molecular complexity index is 779. The van der Waals surface area contributed by atoms with E-state index < -0.39 is 0 Å². The molecule has 11 unspecified atom stereocenters. The first-order valence-electron chi connectivity index (χ1n) is 20.2. The molecule has 0 amide bonds. The third-order valence-corrected chi connectivity index (χ3v) is 16.1. The van der Waals surface area contributed by atoms with Crippen molar-refractivity contribution in [2.45, 2.75) is 174 Å². The van der Waals surface area contributed by atoms with Gasteiger partial charge in [-0.2, -0.15) is 0 Å². The van der Waals surface area contributed by atoms with Gasteiger partial charge in [0.05, 0.1) is 0 Å². The maximum Gasteiger partial charge on any atom is -0.0321 e. The van der Waals surface area contributed by atoms with Crippen LogP contribution in [0, 0.1) is 82.9 Å². The topological polar surface area (TPSA) is 0 Å². The summed E-state index contributed by atoms with van der Waals surface area (Å²) < 4.78 is 0. The summed E-state index contributed by atoms with van der Waals surface area (Å²) in [7, 11) is 0.